The maximum absolute atomic E-state index is 12.3. The fourth-order valence-electron chi connectivity index (χ4n) is 2.19. The lowest BCUT2D eigenvalue weighted by Crippen LogP contribution is -2.53. The van der Waals surface area contributed by atoms with Crippen molar-refractivity contribution in [2.45, 2.75) is 18.9 Å². The van der Waals surface area contributed by atoms with Gasteiger partial charge in [0.05, 0.1) is 6.54 Å². The molecule has 7 nitrogen and oxygen atoms in total. The topological polar surface area (TPSA) is 79.3 Å². The molecular formula is C12H19N5O2. The van der Waals surface area contributed by atoms with E-state index in [0.717, 1.165) is 6.42 Å². The van der Waals surface area contributed by atoms with Gasteiger partial charge in [-0.2, -0.15) is 5.10 Å². The summed E-state index contributed by atoms with van der Waals surface area (Å²) in [6, 6.07) is 1.35. The molecule has 0 saturated carbocycles. The molecular weight excluding hydrogens is 246 g/mol. The molecule has 1 aliphatic rings. The predicted octanol–water partition coefficient (Wildman–Crippen LogP) is -0.749. The van der Waals surface area contributed by atoms with Gasteiger partial charge < -0.3 is 10.6 Å². The Morgan fingerprint density at radius 3 is 3.00 bits per heavy atom. The number of aryl methyl sites for hydroxylation is 1. The highest BCUT2D eigenvalue weighted by Crippen LogP contribution is 2.18. The SMILES string of the molecule is CNCC(=O)NC1CCCN(c2ccn(C)n2)C1=O. The lowest BCUT2D eigenvalue weighted by atomic mass is 10.0. The Labute approximate surface area is 111 Å². The van der Waals surface area contributed by atoms with Crippen LogP contribution in [-0.4, -0.2) is 47.8 Å². The lowest BCUT2D eigenvalue weighted by Gasteiger charge is -2.31. The molecule has 0 spiro atoms. The number of amides is 2. The van der Waals surface area contributed by atoms with E-state index in [-0.39, 0.29) is 18.4 Å². The van der Waals surface area contributed by atoms with Crippen LogP contribution in [0.2, 0.25) is 0 Å². The number of hydrogen-bond donors (Lipinski definition) is 2. The van der Waals surface area contributed by atoms with Gasteiger partial charge in [-0.1, -0.05) is 0 Å². The summed E-state index contributed by atoms with van der Waals surface area (Å²) in [5.74, 6) is 0.387. The molecule has 1 fully saturated rings. The van der Waals surface area contributed by atoms with Crippen LogP contribution < -0.4 is 15.5 Å². The minimum Gasteiger partial charge on any atom is -0.343 e. The van der Waals surface area contributed by atoms with E-state index in [1.807, 2.05) is 7.05 Å². The number of nitrogens with one attached hydrogen (secondary N) is 2. The molecule has 2 heterocycles. The van der Waals surface area contributed by atoms with Gasteiger partial charge >= 0.3 is 0 Å². The summed E-state index contributed by atoms with van der Waals surface area (Å²) in [6.07, 6.45) is 3.33. The summed E-state index contributed by atoms with van der Waals surface area (Å²) in [7, 11) is 3.51. The fourth-order valence-corrected chi connectivity index (χ4v) is 2.19. The Kier molecular flexibility index (Phi) is 4.16. The van der Waals surface area contributed by atoms with Gasteiger partial charge in [0.15, 0.2) is 5.82 Å². The Hall–Kier alpha value is -1.89. The van der Waals surface area contributed by atoms with Gasteiger partial charge in [0.1, 0.15) is 6.04 Å². The van der Waals surface area contributed by atoms with Gasteiger partial charge in [-0.25, -0.2) is 0 Å². The van der Waals surface area contributed by atoms with E-state index >= 15 is 0 Å². The molecule has 2 amide bonds. The zero-order valence-electron chi connectivity index (χ0n) is 11.2. The first-order valence-corrected chi connectivity index (χ1v) is 6.37. The van der Waals surface area contributed by atoms with Crippen LogP contribution in [0.1, 0.15) is 12.8 Å². The molecule has 2 rings (SSSR count). The Bertz CT molecular complexity index is 470. The van der Waals surface area contributed by atoms with Crippen LogP contribution >= 0.6 is 0 Å². The molecule has 1 aromatic rings. The van der Waals surface area contributed by atoms with Gasteiger partial charge in [0.25, 0.3) is 5.91 Å². The molecule has 19 heavy (non-hydrogen) atoms. The smallest absolute Gasteiger partial charge is 0.250 e. The highest BCUT2D eigenvalue weighted by molar-refractivity contribution is 5.99. The predicted molar refractivity (Wildman–Crippen MR) is 70.7 cm³/mol. The number of anilines is 1. The summed E-state index contributed by atoms with van der Waals surface area (Å²) in [6.45, 7) is 0.863. The van der Waals surface area contributed by atoms with Crippen LogP contribution in [-0.2, 0) is 16.6 Å². The second kappa shape index (κ2) is 5.83. The third-order valence-corrected chi connectivity index (χ3v) is 3.09. The molecule has 1 unspecified atom stereocenters. The molecule has 0 aromatic carbocycles. The van der Waals surface area contributed by atoms with Crippen molar-refractivity contribution in [1.82, 2.24) is 20.4 Å². The van der Waals surface area contributed by atoms with Gasteiger partial charge in [-0.3, -0.25) is 19.2 Å². The third-order valence-electron chi connectivity index (χ3n) is 3.09. The molecule has 2 N–H and O–H groups in total. The number of aromatic nitrogens is 2. The van der Waals surface area contributed by atoms with E-state index < -0.39 is 6.04 Å². The standard InChI is InChI=1S/C12H19N5O2/c1-13-8-11(18)14-9-4-3-6-17(12(9)19)10-5-7-16(2)15-10/h5,7,9,13H,3-4,6,8H2,1-2H3,(H,14,18). The maximum Gasteiger partial charge on any atom is 0.250 e. The molecule has 1 saturated heterocycles. The van der Waals surface area contributed by atoms with E-state index in [2.05, 4.69) is 15.7 Å². The fraction of sp³-hybridized carbons (Fsp3) is 0.583. The minimum absolute atomic E-state index is 0.0885. The van der Waals surface area contributed by atoms with Crippen molar-refractivity contribution in [3.63, 3.8) is 0 Å². The summed E-state index contributed by atoms with van der Waals surface area (Å²) in [4.78, 5) is 25.5. The number of carbonyl (C=O) groups is 2. The van der Waals surface area contributed by atoms with E-state index in [1.54, 1.807) is 28.9 Å². The highest BCUT2D eigenvalue weighted by Gasteiger charge is 2.31. The average molecular weight is 265 g/mol. The number of likely N-dealkylation sites (N-methyl/N-ethyl adjacent to an activating group) is 1. The van der Waals surface area contributed by atoms with Gasteiger partial charge in [0.2, 0.25) is 5.91 Å². The molecule has 0 radical (unpaired) electrons. The van der Waals surface area contributed by atoms with E-state index in [1.165, 1.54) is 0 Å². The molecule has 104 valence electrons. The number of hydrogen-bond acceptors (Lipinski definition) is 4. The van der Waals surface area contributed by atoms with Crippen LogP contribution in [0.5, 0.6) is 0 Å². The Balaban J connectivity index is 2.04. The normalized spacial score (nSPS) is 19.6. The quantitative estimate of drug-likeness (QED) is 0.751. The van der Waals surface area contributed by atoms with E-state index in [0.29, 0.717) is 18.8 Å². The van der Waals surface area contributed by atoms with Crippen LogP contribution in [0.4, 0.5) is 5.82 Å². The van der Waals surface area contributed by atoms with Gasteiger partial charge in [-0.05, 0) is 19.9 Å². The molecule has 0 aliphatic carbocycles. The zero-order valence-corrected chi connectivity index (χ0v) is 11.2. The first-order chi connectivity index (χ1) is 9.11. The maximum atomic E-state index is 12.3. The van der Waals surface area contributed by atoms with Gasteiger partial charge in [-0.15, -0.1) is 0 Å². The first-order valence-electron chi connectivity index (χ1n) is 6.37. The molecule has 1 atom stereocenters. The van der Waals surface area contributed by atoms with Crippen molar-refractivity contribution >= 4 is 17.6 Å². The number of piperidine rings is 1. The second-order valence-corrected chi connectivity index (χ2v) is 4.63. The molecule has 7 heteroatoms. The van der Waals surface area contributed by atoms with Crippen molar-refractivity contribution in [2.75, 3.05) is 25.0 Å². The second-order valence-electron chi connectivity index (χ2n) is 4.63. The Morgan fingerprint density at radius 1 is 1.58 bits per heavy atom. The number of carbonyl (C=O) groups excluding carboxylic acids is 2. The van der Waals surface area contributed by atoms with Crippen LogP contribution in [0.25, 0.3) is 0 Å². The average Bonchev–Trinajstić information content (AvgIpc) is 2.79. The van der Waals surface area contributed by atoms with Crippen LogP contribution in [0.3, 0.4) is 0 Å². The summed E-state index contributed by atoms with van der Waals surface area (Å²) < 4.78 is 1.66. The molecule has 1 aromatic heterocycles. The minimum atomic E-state index is -0.448. The third kappa shape index (κ3) is 3.11. The van der Waals surface area contributed by atoms with Crippen LogP contribution in [0.15, 0.2) is 12.3 Å². The highest BCUT2D eigenvalue weighted by atomic mass is 16.2. The monoisotopic (exact) mass is 265 g/mol. The number of rotatable bonds is 4. The molecule has 1 aliphatic heterocycles. The lowest BCUT2D eigenvalue weighted by molar-refractivity contribution is -0.128. The molecule has 0 bridgehead atoms. The summed E-state index contributed by atoms with van der Waals surface area (Å²) >= 11 is 0. The van der Waals surface area contributed by atoms with Crippen molar-refractivity contribution in [3.8, 4) is 0 Å². The van der Waals surface area contributed by atoms with E-state index in [9.17, 15) is 9.59 Å². The van der Waals surface area contributed by atoms with Crippen molar-refractivity contribution in [2.24, 2.45) is 7.05 Å². The largest absolute Gasteiger partial charge is 0.343 e. The van der Waals surface area contributed by atoms with Gasteiger partial charge in [0, 0.05) is 25.9 Å². The van der Waals surface area contributed by atoms with Crippen molar-refractivity contribution in [1.29, 1.82) is 0 Å². The van der Waals surface area contributed by atoms with E-state index in [4.69, 9.17) is 0 Å². The van der Waals surface area contributed by atoms with Crippen molar-refractivity contribution in [3.05, 3.63) is 12.3 Å². The Morgan fingerprint density at radius 2 is 2.37 bits per heavy atom. The summed E-state index contributed by atoms with van der Waals surface area (Å²) in [5, 5.41) is 9.75. The number of nitrogens with zero attached hydrogens (tertiary/aromatic N) is 3. The first kappa shape index (κ1) is 13.5. The summed E-state index contributed by atoms with van der Waals surface area (Å²) in [5.41, 5.74) is 0. The zero-order chi connectivity index (χ0) is 13.8. The van der Waals surface area contributed by atoms with Crippen molar-refractivity contribution < 1.29 is 9.59 Å². The van der Waals surface area contributed by atoms with Crippen LogP contribution in [0, 0.1) is 0 Å².